The molecular weight excluding hydrogens is 296 g/mol. The second kappa shape index (κ2) is 6.28. The Morgan fingerprint density at radius 3 is 2.35 bits per heavy atom. The number of nitro groups is 1. The molecule has 1 aromatic heterocycles. The van der Waals surface area contributed by atoms with E-state index in [-0.39, 0.29) is 5.82 Å². The number of rotatable bonds is 5. The minimum atomic E-state index is -0.441. The SMILES string of the molecule is COc1c(C)cc(CN(C)c2c([N+](=O)[O-])nc(C)n2C)cc1C. The summed E-state index contributed by atoms with van der Waals surface area (Å²) in [7, 11) is 5.27. The molecule has 124 valence electrons. The third kappa shape index (κ3) is 3.13. The first kappa shape index (κ1) is 16.8. The molecular formula is C16H22N4O3. The van der Waals surface area contributed by atoms with E-state index in [1.165, 1.54) is 0 Å². The lowest BCUT2D eigenvalue weighted by molar-refractivity contribution is -0.388. The van der Waals surface area contributed by atoms with Crippen LogP contribution in [-0.2, 0) is 13.6 Å². The quantitative estimate of drug-likeness (QED) is 0.626. The van der Waals surface area contributed by atoms with Gasteiger partial charge in [0.15, 0.2) is 0 Å². The monoisotopic (exact) mass is 318 g/mol. The average Bonchev–Trinajstić information content (AvgIpc) is 2.75. The lowest BCUT2D eigenvalue weighted by atomic mass is 10.1. The summed E-state index contributed by atoms with van der Waals surface area (Å²) in [6.45, 7) is 6.29. The molecule has 0 radical (unpaired) electrons. The zero-order valence-electron chi connectivity index (χ0n) is 14.4. The number of anilines is 1. The van der Waals surface area contributed by atoms with Crippen molar-refractivity contribution in [1.29, 1.82) is 0 Å². The molecule has 0 amide bonds. The Morgan fingerprint density at radius 1 is 1.30 bits per heavy atom. The van der Waals surface area contributed by atoms with E-state index in [0.29, 0.717) is 18.2 Å². The number of hydrogen-bond acceptors (Lipinski definition) is 5. The van der Waals surface area contributed by atoms with Crippen molar-refractivity contribution >= 4 is 11.6 Å². The van der Waals surface area contributed by atoms with Gasteiger partial charge in [-0.2, -0.15) is 0 Å². The van der Waals surface area contributed by atoms with Crippen molar-refractivity contribution in [1.82, 2.24) is 9.55 Å². The first-order valence-corrected chi connectivity index (χ1v) is 7.29. The first-order valence-electron chi connectivity index (χ1n) is 7.29. The van der Waals surface area contributed by atoms with Gasteiger partial charge in [0, 0.05) is 27.6 Å². The van der Waals surface area contributed by atoms with E-state index in [9.17, 15) is 10.1 Å². The van der Waals surface area contributed by atoms with Crippen molar-refractivity contribution in [3.63, 3.8) is 0 Å². The molecule has 0 bridgehead atoms. The highest BCUT2D eigenvalue weighted by Crippen LogP contribution is 2.30. The van der Waals surface area contributed by atoms with Crippen molar-refractivity contribution in [3.8, 4) is 5.75 Å². The van der Waals surface area contributed by atoms with Gasteiger partial charge >= 0.3 is 5.82 Å². The number of nitrogens with zero attached hydrogens (tertiary/aromatic N) is 4. The summed E-state index contributed by atoms with van der Waals surface area (Å²) in [5.74, 6) is 1.87. The Labute approximate surface area is 135 Å². The van der Waals surface area contributed by atoms with Gasteiger partial charge in [-0.15, -0.1) is 0 Å². The zero-order chi connectivity index (χ0) is 17.3. The van der Waals surface area contributed by atoms with Gasteiger partial charge in [0.25, 0.3) is 0 Å². The molecule has 7 nitrogen and oxygen atoms in total. The lowest BCUT2D eigenvalue weighted by Crippen LogP contribution is -2.20. The van der Waals surface area contributed by atoms with Crippen LogP contribution < -0.4 is 9.64 Å². The Kier molecular flexibility index (Phi) is 4.58. The van der Waals surface area contributed by atoms with Gasteiger partial charge in [0.05, 0.1) is 7.11 Å². The third-order valence-corrected chi connectivity index (χ3v) is 3.95. The van der Waals surface area contributed by atoms with Gasteiger partial charge < -0.3 is 19.8 Å². The van der Waals surface area contributed by atoms with Crippen LogP contribution >= 0.6 is 0 Å². The van der Waals surface area contributed by atoms with Crippen molar-refractivity contribution in [2.75, 3.05) is 19.1 Å². The maximum absolute atomic E-state index is 11.2. The predicted octanol–water partition coefficient (Wildman–Crippen LogP) is 2.90. The zero-order valence-corrected chi connectivity index (χ0v) is 14.4. The highest BCUT2D eigenvalue weighted by atomic mass is 16.6. The van der Waals surface area contributed by atoms with E-state index in [0.717, 1.165) is 22.4 Å². The predicted molar refractivity (Wildman–Crippen MR) is 89.2 cm³/mol. The molecule has 23 heavy (non-hydrogen) atoms. The highest BCUT2D eigenvalue weighted by molar-refractivity contribution is 5.56. The topological polar surface area (TPSA) is 73.4 Å². The molecule has 0 aliphatic rings. The van der Waals surface area contributed by atoms with E-state index in [1.54, 1.807) is 25.6 Å². The van der Waals surface area contributed by atoms with Crippen LogP contribution in [-0.4, -0.2) is 28.6 Å². The van der Waals surface area contributed by atoms with E-state index in [2.05, 4.69) is 4.98 Å². The van der Waals surface area contributed by atoms with Gasteiger partial charge in [0.2, 0.25) is 11.6 Å². The van der Waals surface area contributed by atoms with Gasteiger partial charge in [-0.25, -0.2) is 0 Å². The van der Waals surface area contributed by atoms with Crippen molar-refractivity contribution < 1.29 is 9.66 Å². The van der Waals surface area contributed by atoms with Gasteiger partial charge in [-0.05, 0) is 40.4 Å². The Bertz CT molecular complexity index is 729. The Balaban J connectivity index is 2.37. The number of aromatic nitrogens is 2. The minimum Gasteiger partial charge on any atom is -0.496 e. The molecule has 2 rings (SSSR count). The van der Waals surface area contributed by atoms with Crippen LogP contribution in [0.3, 0.4) is 0 Å². The smallest absolute Gasteiger partial charge is 0.406 e. The second-order valence-corrected chi connectivity index (χ2v) is 5.74. The minimum absolute atomic E-state index is 0.116. The summed E-state index contributed by atoms with van der Waals surface area (Å²) in [5, 5.41) is 11.2. The summed E-state index contributed by atoms with van der Waals surface area (Å²) in [6.07, 6.45) is 0. The number of imidazole rings is 1. The lowest BCUT2D eigenvalue weighted by Gasteiger charge is -2.20. The molecule has 0 atom stereocenters. The molecule has 0 aliphatic heterocycles. The first-order chi connectivity index (χ1) is 10.8. The average molecular weight is 318 g/mol. The van der Waals surface area contributed by atoms with Gasteiger partial charge in [0.1, 0.15) is 5.75 Å². The van der Waals surface area contributed by atoms with Crippen LogP contribution in [0.1, 0.15) is 22.5 Å². The summed E-state index contributed by atoms with van der Waals surface area (Å²) in [4.78, 5) is 16.7. The molecule has 0 N–H and O–H groups in total. The number of hydrogen-bond donors (Lipinski definition) is 0. The van der Waals surface area contributed by atoms with Crippen LogP contribution in [0.15, 0.2) is 12.1 Å². The van der Waals surface area contributed by atoms with Crippen molar-refractivity contribution in [3.05, 3.63) is 44.8 Å². The maximum Gasteiger partial charge on any atom is 0.406 e. The molecule has 0 saturated carbocycles. The Morgan fingerprint density at radius 2 is 1.87 bits per heavy atom. The van der Waals surface area contributed by atoms with Gasteiger partial charge in [-0.1, -0.05) is 12.1 Å². The van der Waals surface area contributed by atoms with Crippen LogP contribution in [0.4, 0.5) is 11.6 Å². The normalized spacial score (nSPS) is 10.7. The van der Waals surface area contributed by atoms with Crippen molar-refractivity contribution in [2.45, 2.75) is 27.3 Å². The fourth-order valence-corrected chi connectivity index (χ4v) is 2.93. The molecule has 0 unspecified atom stereocenters. The molecule has 1 aromatic carbocycles. The number of ether oxygens (including phenoxy) is 1. The van der Waals surface area contributed by atoms with Crippen LogP contribution in [0, 0.1) is 30.9 Å². The second-order valence-electron chi connectivity index (χ2n) is 5.74. The van der Waals surface area contributed by atoms with E-state index < -0.39 is 4.92 Å². The van der Waals surface area contributed by atoms with Crippen LogP contribution in [0.5, 0.6) is 5.75 Å². The van der Waals surface area contributed by atoms with E-state index in [4.69, 9.17) is 4.74 Å². The van der Waals surface area contributed by atoms with E-state index in [1.807, 2.05) is 37.9 Å². The summed E-state index contributed by atoms with van der Waals surface area (Å²) >= 11 is 0. The number of benzene rings is 1. The molecule has 0 fully saturated rings. The molecule has 1 heterocycles. The molecule has 0 saturated heterocycles. The fraction of sp³-hybridized carbons (Fsp3) is 0.438. The highest BCUT2D eigenvalue weighted by Gasteiger charge is 2.26. The van der Waals surface area contributed by atoms with Crippen LogP contribution in [0.25, 0.3) is 0 Å². The molecule has 0 spiro atoms. The standard InChI is InChI=1S/C16H22N4O3/c1-10-7-13(8-11(2)14(10)23-6)9-18(4)16-15(20(21)22)17-12(3)19(16)5/h7-8H,9H2,1-6H3. The summed E-state index contributed by atoms with van der Waals surface area (Å²) < 4.78 is 7.11. The van der Waals surface area contributed by atoms with Gasteiger partial charge in [-0.3, -0.25) is 4.57 Å². The molecule has 2 aromatic rings. The van der Waals surface area contributed by atoms with Crippen LogP contribution in [0.2, 0.25) is 0 Å². The maximum atomic E-state index is 11.2. The third-order valence-electron chi connectivity index (χ3n) is 3.95. The number of methoxy groups -OCH3 is 1. The summed E-state index contributed by atoms with van der Waals surface area (Å²) in [5.41, 5.74) is 3.16. The number of aryl methyl sites for hydroxylation is 3. The fourth-order valence-electron chi connectivity index (χ4n) is 2.93. The Hall–Kier alpha value is -2.57. The largest absolute Gasteiger partial charge is 0.496 e. The summed E-state index contributed by atoms with van der Waals surface area (Å²) in [6, 6.07) is 4.08. The van der Waals surface area contributed by atoms with E-state index >= 15 is 0 Å². The molecule has 7 heteroatoms. The van der Waals surface area contributed by atoms with Crippen molar-refractivity contribution in [2.24, 2.45) is 7.05 Å². The molecule has 0 aliphatic carbocycles.